The number of fused-ring (bicyclic) bond motifs is 1. The molecule has 2 aliphatic carbocycles. The van der Waals surface area contributed by atoms with Gasteiger partial charge in [-0.05, 0) is 25.2 Å². The van der Waals surface area contributed by atoms with Gasteiger partial charge in [-0.2, -0.15) is 0 Å². The Hall–Kier alpha value is -0.660. The van der Waals surface area contributed by atoms with Crippen LogP contribution in [0.15, 0.2) is 0 Å². The van der Waals surface area contributed by atoms with Crippen molar-refractivity contribution in [2.75, 3.05) is 0 Å². The summed E-state index contributed by atoms with van der Waals surface area (Å²) in [6.07, 6.45) is 4.18. The number of Topliss-reactive ketones (excluding diaryl/α,β-unsaturated/α-hetero) is 2. The van der Waals surface area contributed by atoms with Gasteiger partial charge in [0.1, 0.15) is 11.6 Å². The largest absolute Gasteiger partial charge is 0.299 e. The molecule has 2 aliphatic rings. The molecule has 0 radical (unpaired) electrons. The summed E-state index contributed by atoms with van der Waals surface area (Å²) in [5, 5.41) is 0. The summed E-state index contributed by atoms with van der Waals surface area (Å²) < 4.78 is 0. The van der Waals surface area contributed by atoms with E-state index in [0.29, 0.717) is 23.9 Å². The first-order valence-corrected chi connectivity index (χ1v) is 5.62. The zero-order valence-corrected chi connectivity index (χ0v) is 9.01. The van der Waals surface area contributed by atoms with Gasteiger partial charge < -0.3 is 0 Å². The van der Waals surface area contributed by atoms with Gasteiger partial charge in [0, 0.05) is 24.2 Å². The Morgan fingerprint density at radius 2 is 2.00 bits per heavy atom. The average Bonchev–Trinajstić information content (AvgIpc) is 2.16. The van der Waals surface area contributed by atoms with Crippen molar-refractivity contribution in [3.05, 3.63) is 0 Å². The molecular weight excluding hydrogens is 176 g/mol. The second-order valence-electron chi connectivity index (χ2n) is 5.09. The standard InChI is InChI=1S/C12H18O2/c1-8-9-4-3-5-11(14)12(9,2)7-6-10(8)13/h8-9H,3-7H2,1-2H3. The second kappa shape index (κ2) is 3.18. The predicted octanol–water partition coefficient (Wildman–Crippen LogP) is 2.36. The van der Waals surface area contributed by atoms with E-state index < -0.39 is 0 Å². The van der Waals surface area contributed by atoms with Crippen LogP contribution in [0.2, 0.25) is 0 Å². The maximum Gasteiger partial charge on any atom is 0.139 e. The van der Waals surface area contributed by atoms with E-state index in [1.54, 1.807) is 0 Å². The molecule has 0 heterocycles. The summed E-state index contributed by atoms with van der Waals surface area (Å²) >= 11 is 0. The van der Waals surface area contributed by atoms with E-state index in [0.717, 1.165) is 25.7 Å². The SMILES string of the molecule is CC1C(=O)CCC2(C)C(=O)CCCC12. The van der Waals surface area contributed by atoms with Crippen LogP contribution in [-0.4, -0.2) is 11.6 Å². The first-order chi connectivity index (χ1) is 6.55. The molecule has 14 heavy (non-hydrogen) atoms. The quantitative estimate of drug-likeness (QED) is 0.593. The van der Waals surface area contributed by atoms with Crippen molar-refractivity contribution in [3.63, 3.8) is 0 Å². The predicted molar refractivity (Wildman–Crippen MR) is 53.9 cm³/mol. The summed E-state index contributed by atoms with van der Waals surface area (Å²) in [5.41, 5.74) is -0.175. The third kappa shape index (κ3) is 1.23. The van der Waals surface area contributed by atoms with Crippen molar-refractivity contribution >= 4 is 11.6 Å². The zero-order valence-electron chi connectivity index (χ0n) is 9.01. The summed E-state index contributed by atoms with van der Waals surface area (Å²) in [6.45, 7) is 4.07. The molecule has 2 heteroatoms. The zero-order chi connectivity index (χ0) is 10.3. The van der Waals surface area contributed by atoms with Crippen LogP contribution in [0.3, 0.4) is 0 Å². The highest BCUT2D eigenvalue weighted by Crippen LogP contribution is 2.49. The van der Waals surface area contributed by atoms with Gasteiger partial charge in [0.05, 0.1) is 0 Å². The summed E-state index contributed by atoms with van der Waals surface area (Å²) in [6, 6.07) is 0. The minimum Gasteiger partial charge on any atom is -0.299 e. The van der Waals surface area contributed by atoms with Crippen molar-refractivity contribution in [3.8, 4) is 0 Å². The maximum absolute atomic E-state index is 11.9. The number of ketones is 2. The van der Waals surface area contributed by atoms with E-state index in [9.17, 15) is 9.59 Å². The molecule has 0 spiro atoms. The van der Waals surface area contributed by atoms with Crippen molar-refractivity contribution in [2.24, 2.45) is 17.3 Å². The summed E-state index contributed by atoms with van der Waals surface area (Å²) in [4.78, 5) is 23.5. The van der Waals surface area contributed by atoms with Crippen LogP contribution >= 0.6 is 0 Å². The van der Waals surface area contributed by atoms with E-state index in [1.807, 2.05) is 6.92 Å². The van der Waals surface area contributed by atoms with Gasteiger partial charge in [0.15, 0.2) is 0 Å². The number of carbonyl (C=O) groups is 2. The summed E-state index contributed by atoms with van der Waals surface area (Å²) in [7, 11) is 0. The smallest absolute Gasteiger partial charge is 0.139 e. The van der Waals surface area contributed by atoms with Gasteiger partial charge >= 0.3 is 0 Å². The van der Waals surface area contributed by atoms with Crippen LogP contribution in [0.4, 0.5) is 0 Å². The Morgan fingerprint density at radius 1 is 1.29 bits per heavy atom. The van der Waals surface area contributed by atoms with E-state index >= 15 is 0 Å². The molecule has 3 atom stereocenters. The Kier molecular flexibility index (Phi) is 2.24. The van der Waals surface area contributed by atoms with Gasteiger partial charge in [0.2, 0.25) is 0 Å². The third-order valence-electron chi connectivity index (χ3n) is 4.38. The molecule has 0 aromatic heterocycles. The third-order valence-corrected chi connectivity index (χ3v) is 4.38. The second-order valence-corrected chi connectivity index (χ2v) is 5.09. The minimum absolute atomic E-state index is 0.109. The lowest BCUT2D eigenvalue weighted by molar-refractivity contribution is -0.145. The maximum atomic E-state index is 11.9. The van der Waals surface area contributed by atoms with Crippen LogP contribution in [-0.2, 0) is 9.59 Å². The molecule has 0 saturated heterocycles. The molecule has 0 aromatic carbocycles. The topological polar surface area (TPSA) is 34.1 Å². The highest BCUT2D eigenvalue weighted by Gasteiger charge is 2.49. The molecule has 2 rings (SSSR count). The normalized spacial score (nSPS) is 43.6. The van der Waals surface area contributed by atoms with E-state index in [4.69, 9.17) is 0 Å². The van der Waals surface area contributed by atoms with E-state index in [2.05, 4.69) is 6.92 Å². The fourth-order valence-electron chi connectivity index (χ4n) is 3.25. The Labute approximate surface area is 85.1 Å². The van der Waals surface area contributed by atoms with Crippen LogP contribution in [0.25, 0.3) is 0 Å². The van der Waals surface area contributed by atoms with Crippen LogP contribution in [0.1, 0.15) is 46.0 Å². The van der Waals surface area contributed by atoms with Crippen LogP contribution in [0, 0.1) is 17.3 Å². The summed E-state index contributed by atoms with van der Waals surface area (Å²) in [5.74, 6) is 1.19. The number of carbonyl (C=O) groups excluding carboxylic acids is 2. The lowest BCUT2D eigenvalue weighted by atomic mass is 9.56. The van der Waals surface area contributed by atoms with Crippen molar-refractivity contribution in [1.82, 2.24) is 0 Å². The van der Waals surface area contributed by atoms with Gasteiger partial charge in [0.25, 0.3) is 0 Å². The van der Waals surface area contributed by atoms with Crippen molar-refractivity contribution in [1.29, 1.82) is 0 Å². The van der Waals surface area contributed by atoms with Crippen LogP contribution < -0.4 is 0 Å². The molecule has 3 unspecified atom stereocenters. The molecule has 2 nitrogen and oxygen atoms in total. The lowest BCUT2D eigenvalue weighted by Crippen LogP contribution is -2.48. The molecule has 0 aliphatic heterocycles. The Bertz CT molecular complexity index is 282. The monoisotopic (exact) mass is 194 g/mol. The molecule has 78 valence electrons. The van der Waals surface area contributed by atoms with E-state index in [1.165, 1.54) is 0 Å². The first kappa shape index (κ1) is 9.88. The average molecular weight is 194 g/mol. The Morgan fingerprint density at radius 3 is 2.71 bits per heavy atom. The van der Waals surface area contributed by atoms with Crippen molar-refractivity contribution < 1.29 is 9.59 Å². The van der Waals surface area contributed by atoms with Gasteiger partial charge in [-0.25, -0.2) is 0 Å². The van der Waals surface area contributed by atoms with Gasteiger partial charge in [-0.15, -0.1) is 0 Å². The molecule has 0 N–H and O–H groups in total. The highest BCUT2D eigenvalue weighted by molar-refractivity contribution is 5.90. The van der Waals surface area contributed by atoms with E-state index in [-0.39, 0.29) is 11.3 Å². The fourth-order valence-corrected chi connectivity index (χ4v) is 3.25. The number of hydrogen-bond donors (Lipinski definition) is 0. The molecule has 0 aromatic rings. The molecule has 0 bridgehead atoms. The molecule has 2 saturated carbocycles. The number of hydrogen-bond acceptors (Lipinski definition) is 2. The van der Waals surface area contributed by atoms with Crippen LogP contribution in [0.5, 0.6) is 0 Å². The lowest BCUT2D eigenvalue weighted by Gasteiger charge is -2.46. The van der Waals surface area contributed by atoms with Crippen molar-refractivity contribution in [2.45, 2.75) is 46.0 Å². The van der Waals surface area contributed by atoms with Gasteiger partial charge in [-0.1, -0.05) is 13.8 Å². The molecule has 0 amide bonds. The Balaban J connectivity index is 2.30. The first-order valence-electron chi connectivity index (χ1n) is 5.62. The molecule has 2 fully saturated rings. The van der Waals surface area contributed by atoms with Gasteiger partial charge in [-0.3, -0.25) is 9.59 Å². The molecular formula is C12H18O2. The minimum atomic E-state index is -0.175. The number of rotatable bonds is 0. The highest BCUT2D eigenvalue weighted by atomic mass is 16.1. The fraction of sp³-hybridized carbons (Fsp3) is 0.833.